The Balaban J connectivity index is 1.64. The number of nitrogens with zero attached hydrogens (tertiary/aromatic N) is 2. The van der Waals surface area contributed by atoms with Crippen LogP contribution in [0.1, 0.15) is 28.4 Å². The van der Waals surface area contributed by atoms with E-state index < -0.39 is 16.0 Å². The van der Waals surface area contributed by atoms with Gasteiger partial charge in [0.1, 0.15) is 0 Å². The molecule has 0 aliphatic carbocycles. The zero-order valence-electron chi connectivity index (χ0n) is 19.5. The van der Waals surface area contributed by atoms with Crippen LogP contribution in [-0.4, -0.2) is 45.2 Å². The molecule has 1 aliphatic heterocycles. The van der Waals surface area contributed by atoms with Crippen molar-refractivity contribution in [2.24, 2.45) is 0 Å². The summed E-state index contributed by atoms with van der Waals surface area (Å²) in [6.45, 7) is 8.13. The molecule has 1 heterocycles. The van der Waals surface area contributed by atoms with Crippen LogP contribution in [0.4, 0.5) is 17.1 Å². The van der Waals surface area contributed by atoms with Crippen LogP contribution in [0.2, 0.25) is 0 Å². The highest BCUT2D eigenvalue weighted by atomic mass is 32.2. The molecule has 1 aliphatic rings. The predicted molar refractivity (Wildman–Crippen MR) is 136 cm³/mol. The fourth-order valence-electron chi connectivity index (χ4n) is 4.38. The Bertz CT molecular complexity index is 1320. The lowest BCUT2D eigenvalue weighted by molar-refractivity contribution is 0.0697. The zero-order chi connectivity index (χ0) is 24.5. The predicted octanol–water partition coefficient (Wildman–Crippen LogP) is 4.52. The standard InChI is InChI=1S/C26H29N3O4S/c1-18-6-4-8-22(14-18)29-13-12-28(17-20(29)3)25-11-10-21(26(30)31)16-24(25)27-34(32,33)23-9-5-7-19(2)15-23/h4-11,14-16,20,27H,12-13,17H2,1-3H3,(H,30,31). The van der Waals surface area contributed by atoms with Crippen LogP contribution >= 0.6 is 0 Å². The molecule has 1 unspecified atom stereocenters. The first-order chi connectivity index (χ1) is 16.1. The van der Waals surface area contributed by atoms with Crippen LogP contribution < -0.4 is 14.5 Å². The molecule has 3 aromatic rings. The number of hydrogen-bond acceptors (Lipinski definition) is 5. The van der Waals surface area contributed by atoms with Crippen molar-refractivity contribution in [1.82, 2.24) is 0 Å². The number of sulfonamides is 1. The van der Waals surface area contributed by atoms with Gasteiger partial charge in [0.05, 0.1) is 21.8 Å². The van der Waals surface area contributed by atoms with Crippen LogP contribution in [0.25, 0.3) is 0 Å². The molecule has 0 bridgehead atoms. The van der Waals surface area contributed by atoms with E-state index in [9.17, 15) is 18.3 Å². The minimum Gasteiger partial charge on any atom is -0.478 e. The largest absolute Gasteiger partial charge is 0.478 e. The summed E-state index contributed by atoms with van der Waals surface area (Å²) in [6.07, 6.45) is 0. The van der Waals surface area contributed by atoms with E-state index in [2.05, 4.69) is 46.6 Å². The van der Waals surface area contributed by atoms with Crippen molar-refractivity contribution in [1.29, 1.82) is 0 Å². The summed E-state index contributed by atoms with van der Waals surface area (Å²) in [5.41, 5.74) is 4.13. The van der Waals surface area contributed by atoms with Gasteiger partial charge in [-0.3, -0.25) is 4.72 Å². The van der Waals surface area contributed by atoms with Crippen LogP contribution in [0, 0.1) is 13.8 Å². The van der Waals surface area contributed by atoms with Gasteiger partial charge in [-0.15, -0.1) is 0 Å². The quantitative estimate of drug-likeness (QED) is 0.540. The monoisotopic (exact) mass is 479 g/mol. The van der Waals surface area contributed by atoms with Crippen LogP contribution in [0.5, 0.6) is 0 Å². The molecule has 2 N–H and O–H groups in total. The van der Waals surface area contributed by atoms with Crippen molar-refractivity contribution in [2.45, 2.75) is 31.7 Å². The molecule has 8 heteroatoms. The lowest BCUT2D eigenvalue weighted by Gasteiger charge is -2.43. The molecule has 1 saturated heterocycles. The molecule has 0 saturated carbocycles. The first-order valence-electron chi connectivity index (χ1n) is 11.2. The number of hydrogen-bond donors (Lipinski definition) is 2. The van der Waals surface area contributed by atoms with Gasteiger partial charge in [0.2, 0.25) is 0 Å². The molecular weight excluding hydrogens is 450 g/mol. The number of nitrogens with one attached hydrogen (secondary N) is 1. The summed E-state index contributed by atoms with van der Waals surface area (Å²) < 4.78 is 28.9. The number of carboxylic acid groups (broad SMARTS) is 1. The molecule has 0 spiro atoms. The van der Waals surface area contributed by atoms with Gasteiger partial charge in [-0.25, -0.2) is 13.2 Å². The fraction of sp³-hybridized carbons (Fsp3) is 0.269. The average Bonchev–Trinajstić information content (AvgIpc) is 2.78. The molecule has 1 fully saturated rings. The van der Waals surface area contributed by atoms with Crippen molar-refractivity contribution in [3.63, 3.8) is 0 Å². The number of rotatable bonds is 6. The lowest BCUT2D eigenvalue weighted by Crippen LogP contribution is -2.52. The minimum absolute atomic E-state index is 0.0251. The van der Waals surface area contributed by atoms with Gasteiger partial charge < -0.3 is 14.9 Å². The summed E-state index contributed by atoms with van der Waals surface area (Å²) in [6, 6.07) is 19.8. The van der Waals surface area contributed by atoms with Gasteiger partial charge in [-0.05, 0) is 74.4 Å². The van der Waals surface area contributed by atoms with E-state index in [1.807, 2.05) is 19.1 Å². The van der Waals surface area contributed by atoms with Gasteiger partial charge >= 0.3 is 5.97 Å². The second-order valence-corrected chi connectivity index (χ2v) is 10.5. The third-order valence-corrected chi connectivity index (χ3v) is 7.45. The van der Waals surface area contributed by atoms with Gasteiger partial charge in [0, 0.05) is 31.4 Å². The SMILES string of the molecule is Cc1cccc(N2CCN(c3ccc(C(=O)O)cc3NS(=O)(=O)c3cccc(C)c3)CC2C)c1. The molecule has 34 heavy (non-hydrogen) atoms. The molecule has 0 amide bonds. The zero-order valence-corrected chi connectivity index (χ0v) is 20.3. The molecule has 4 rings (SSSR count). The van der Waals surface area contributed by atoms with Crippen molar-refractivity contribution in [3.8, 4) is 0 Å². The number of piperazine rings is 1. The van der Waals surface area contributed by atoms with Crippen molar-refractivity contribution < 1.29 is 18.3 Å². The Kier molecular flexibility index (Phi) is 6.52. The number of benzene rings is 3. The maximum absolute atomic E-state index is 13.1. The number of anilines is 3. The number of aryl methyl sites for hydroxylation is 2. The van der Waals surface area contributed by atoms with E-state index in [4.69, 9.17) is 0 Å². The minimum atomic E-state index is -3.89. The highest BCUT2D eigenvalue weighted by Gasteiger charge is 2.27. The van der Waals surface area contributed by atoms with Gasteiger partial charge in [-0.1, -0.05) is 24.3 Å². The van der Waals surface area contributed by atoms with Crippen LogP contribution in [-0.2, 0) is 10.0 Å². The van der Waals surface area contributed by atoms with E-state index in [1.54, 1.807) is 18.2 Å². The molecule has 178 valence electrons. The Labute approximate surface area is 200 Å². The molecule has 7 nitrogen and oxygen atoms in total. The average molecular weight is 480 g/mol. The number of aromatic carboxylic acids is 1. The third kappa shape index (κ3) is 5.02. The molecule has 3 aromatic carbocycles. The molecular formula is C26H29N3O4S. The summed E-state index contributed by atoms with van der Waals surface area (Å²) >= 11 is 0. The van der Waals surface area contributed by atoms with Gasteiger partial charge in [0.25, 0.3) is 10.0 Å². The Morgan fingerprint density at radius 3 is 2.32 bits per heavy atom. The maximum atomic E-state index is 13.1. The van der Waals surface area contributed by atoms with Gasteiger partial charge in [0.15, 0.2) is 0 Å². The highest BCUT2D eigenvalue weighted by molar-refractivity contribution is 7.92. The molecule has 0 aromatic heterocycles. The molecule has 1 atom stereocenters. The topological polar surface area (TPSA) is 89.9 Å². The Morgan fingerprint density at radius 2 is 1.68 bits per heavy atom. The number of carboxylic acids is 1. The smallest absolute Gasteiger partial charge is 0.335 e. The highest BCUT2D eigenvalue weighted by Crippen LogP contribution is 2.32. The van der Waals surface area contributed by atoms with E-state index in [0.717, 1.165) is 17.8 Å². The van der Waals surface area contributed by atoms with Crippen LogP contribution in [0.15, 0.2) is 71.6 Å². The summed E-state index contributed by atoms with van der Waals surface area (Å²) in [5.74, 6) is -1.11. The second kappa shape index (κ2) is 9.38. The van der Waals surface area contributed by atoms with Crippen molar-refractivity contribution in [3.05, 3.63) is 83.4 Å². The van der Waals surface area contributed by atoms with E-state index >= 15 is 0 Å². The van der Waals surface area contributed by atoms with E-state index in [-0.39, 0.29) is 22.2 Å². The third-order valence-electron chi connectivity index (χ3n) is 6.09. The van der Waals surface area contributed by atoms with E-state index in [0.29, 0.717) is 18.8 Å². The number of carbonyl (C=O) groups is 1. The first-order valence-corrected chi connectivity index (χ1v) is 12.7. The van der Waals surface area contributed by atoms with Crippen molar-refractivity contribution >= 4 is 33.1 Å². The Hall–Kier alpha value is -3.52. The second-order valence-electron chi connectivity index (χ2n) is 8.79. The lowest BCUT2D eigenvalue weighted by atomic mass is 10.1. The summed E-state index contributed by atoms with van der Waals surface area (Å²) in [4.78, 5) is 16.2. The van der Waals surface area contributed by atoms with Crippen molar-refractivity contribution in [2.75, 3.05) is 34.2 Å². The normalized spacial score (nSPS) is 16.4. The van der Waals surface area contributed by atoms with Crippen LogP contribution in [0.3, 0.4) is 0 Å². The van der Waals surface area contributed by atoms with E-state index in [1.165, 1.54) is 23.8 Å². The Morgan fingerprint density at radius 1 is 0.971 bits per heavy atom. The molecule has 0 radical (unpaired) electrons. The van der Waals surface area contributed by atoms with Gasteiger partial charge in [-0.2, -0.15) is 0 Å². The maximum Gasteiger partial charge on any atom is 0.335 e. The summed E-state index contributed by atoms with van der Waals surface area (Å²) in [7, 11) is -3.89. The summed E-state index contributed by atoms with van der Waals surface area (Å²) in [5, 5.41) is 9.49. The first kappa shape index (κ1) is 23.6. The fourth-order valence-corrected chi connectivity index (χ4v) is 5.55.